The van der Waals surface area contributed by atoms with E-state index in [2.05, 4.69) is 9.72 Å². The topological polar surface area (TPSA) is 94.7 Å². The molecule has 0 amide bonds. The Morgan fingerprint density at radius 1 is 0.962 bits per heavy atom. The number of ether oxygens (including phenoxy) is 3. The zero-order valence-corrected chi connectivity index (χ0v) is 15.2. The monoisotopic (exact) mass is 359 g/mol. The van der Waals surface area contributed by atoms with E-state index in [0.29, 0.717) is 22.7 Å². The Bertz CT molecular complexity index is 819. The van der Waals surface area contributed by atoms with E-state index in [1.54, 1.807) is 45.0 Å². The molecule has 2 rings (SSSR count). The number of carbonyl (C=O) groups is 3. The van der Waals surface area contributed by atoms with Crippen LogP contribution in [0.2, 0.25) is 0 Å². The molecule has 7 heteroatoms. The number of aromatic nitrogens is 1. The number of Topliss-reactive ketones (excluding diaryl/α,β-unsaturated/α-hetero) is 1. The van der Waals surface area contributed by atoms with Gasteiger partial charge >= 0.3 is 11.9 Å². The number of nitrogens with one attached hydrogen (secondary N) is 1. The minimum absolute atomic E-state index is 0.221. The van der Waals surface area contributed by atoms with E-state index >= 15 is 0 Å². The number of rotatable bonds is 7. The number of carbonyl (C=O) groups excluding carboxylic acids is 3. The third-order valence-electron chi connectivity index (χ3n) is 3.78. The van der Waals surface area contributed by atoms with Crippen LogP contribution in [0, 0.1) is 13.8 Å². The summed E-state index contributed by atoms with van der Waals surface area (Å²) in [7, 11) is 1.30. The quantitative estimate of drug-likeness (QED) is 0.603. The lowest BCUT2D eigenvalue weighted by atomic mass is 10.1. The largest absolute Gasteiger partial charge is 0.485 e. The first-order valence-electron chi connectivity index (χ1n) is 8.09. The number of ketones is 1. The third-order valence-corrected chi connectivity index (χ3v) is 3.78. The Balaban J connectivity index is 2.13. The van der Waals surface area contributed by atoms with E-state index < -0.39 is 11.9 Å². The fourth-order valence-corrected chi connectivity index (χ4v) is 2.61. The fraction of sp³-hybridized carbons (Fsp3) is 0.316. The highest BCUT2D eigenvalue weighted by Crippen LogP contribution is 2.21. The van der Waals surface area contributed by atoms with Crippen molar-refractivity contribution in [2.24, 2.45) is 0 Å². The highest BCUT2D eigenvalue weighted by Gasteiger charge is 2.25. The van der Waals surface area contributed by atoms with Crippen LogP contribution < -0.4 is 4.74 Å². The van der Waals surface area contributed by atoms with Crippen LogP contribution in [0.1, 0.15) is 49.4 Å². The molecule has 1 heterocycles. The number of benzene rings is 1. The summed E-state index contributed by atoms with van der Waals surface area (Å²) in [6.07, 6.45) is 0. The molecule has 0 aliphatic rings. The van der Waals surface area contributed by atoms with Crippen molar-refractivity contribution >= 4 is 17.7 Å². The van der Waals surface area contributed by atoms with Crippen LogP contribution in [-0.2, 0) is 9.47 Å². The van der Waals surface area contributed by atoms with Crippen molar-refractivity contribution in [1.29, 1.82) is 0 Å². The summed E-state index contributed by atoms with van der Waals surface area (Å²) < 4.78 is 15.1. The summed E-state index contributed by atoms with van der Waals surface area (Å²) in [4.78, 5) is 39.1. The van der Waals surface area contributed by atoms with Crippen molar-refractivity contribution in [3.8, 4) is 5.75 Å². The smallest absolute Gasteiger partial charge is 0.340 e. The zero-order chi connectivity index (χ0) is 19.3. The number of hydrogen-bond donors (Lipinski definition) is 1. The molecule has 0 spiro atoms. The molecule has 0 fully saturated rings. The average Bonchev–Trinajstić information content (AvgIpc) is 2.93. The van der Waals surface area contributed by atoms with Crippen molar-refractivity contribution in [1.82, 2.24) is 4.98 Å². The number of esters is 2. The molecule has 2 aromatic rings. The Morgan fingerprint density at radius 2 is 1.58 bits per heavy atom. The van der Waals surface area contributed by atoms with E-state index in [4.69, 9.17) is 9.47 Å². The molecule has 0 saturated carbocycles. The SMILES string of the molecule is CCOC(=O)c1c(C)[nH]c(C)c1C(=O)COc1ccc(C(=O)OC)cc1. The molecule has 0 unspecified atom stereocenters. The normalized spacial score (nSPS) is 10.3. The predicted molar refractivity (Wildman–Crippen MR) is 93.8 cm³/mol. The molecule has 0 bridgehead atoms. The van der Waals surface area contributed by atoms with Gasteiger partial charge in [0.15, 0.2) is 6.61 Å². The fourth-order valence-electron chi connectivity index (χ4n) is 2.61. The highest BCUT2D eigenvalue weighted by molar-refractivity contribution is 6.08. The molecular weight excluding hydrogens is 338 g/mol. The van der Waals surface area contributed by atoms with Gasteiger partial charge in [0.25, 0.3) is 0 Å². The van der Waals surface area contributed by atoms with Crippen LogP contribution >= 0.6 is 0 Å². The van der Waals surface area contributed by atoms with Crippen molar-refractivity contribution in [3.05, 3.63) is 52.3 Å². The molecule has 0 radical (unpaired) electrons. The highest BCUT2D eigenvalue weighted by atomic mass is 16.5. The molecule has 0 atom stereocenters. The van der Waals surface area contributed by atoms with Crippen molar-refractivity contribution in [2.75, 3.05) is 20.3 Å². The minimum atomic E-state index is -0.542. The molecule has 1 aromatic heterocycles. The summed E-state index contributed by atoms with van der Waals surface area (Å²) in [5.74, 6) is -0.911. The van der Waals surface area contributed by atoms with Gasteiger partial charge in [-0.3, -0.25) is 4.79 Å². The van der Waals surface area contributed by atoms with E-state index in [9.17, 15) is 14.4 Å². The minimum Gasteiger partial charge on any atom is -0.485 e. The zero-order valence-electron chi connectivity index (χ0n) is 15.2. The van der Waals surface area contributed by atoms with E-state index in [-0.39, 0.29) is 30.1 Å². The van der Waals surface area contributed by atoms with Gasteiger partial charge in [0.05, 0.1) is 30.4 Å². The second-order valence-electron chi connectivity index (χ2n) is 5.57. The number of methoxy groups -OCH3 is 1. The van der Waals surface area contributed by atoms with Crippen LogP contribution in [0.3, 0.4) is 0 Å². The van der Waals surface area contributed by atoms with Crippen molar-refractivity contribution in [3.63, 3.8) is 0 Å². The van der Waals surface area contributed by atoms with E-state index in [1.165, 1.54) is 7.11 Å². The van der Waals surface area contributed by atoms with Crippen LogP contribution in [0.25, 0.3) is 0 Å². The maximum absolute atomic E-state index is 12.6. The molecule has 0 aliphatic heterocycles. The summed E-state index contributed by atoms with van der Waals surface area (Å²) >= 11 is 0. The van der Waals surface area contributed by atoms with Gasteiger partial charge in [-0.05, 0) is 45.0 Å². The molecule has 26 heavy (non-hydrogen) atoms. The number of aryl methyl sites for hydroxylation is 2. The summed E-state index contributed by atoms with van der Waals surface area (Å²) in [5, 5.41) is 0. The Labute approximate surface area is 151 Å². The summed E-state index contributed by atoms with van der Waals surface area (Å²) in [6, 6.07) is 6.23. The standard InChI is InChI=1S/C19H21NO6/c1-5-25-19(23)17-12(3)20-11(2)16(17)15(21)10-26-14-8-6-13(7-9-14)18(22)24-4/h6-9,20H,5,10H2,1-4H3. The van der Waals surface area contributed by atoms with Gasteiger partial charge in [-0.2, -0.15) is 0 Å². The summed E-state index contributed by atoms with van der Waals surface area (Å²) in [6.45, 7) is 5.10. The maximum atomic E-state index is 12.6. The van der Waals surface area contributed by atoms with Gasteiger partial charge < -0.3 is 19.2 Å². The Morgan fingerprint density at radius 3 is 2.15 bits per heavy atom. The van der Waals surface area contributed by atoms with E-state index in [0.717, 1.165) is 0 Å². The molecule has 0 saturated heterocycles. The van der Waals surface area contributed by atoms with Crippen LogP contribution in [0.15, 0.2) is 24.3 Å². The molecular formula is C19H21NO6. The molecule has 7 nitrogen and oxygen atoms in total. The molecule has 0 aliphatic carbocycles. The number of H-pyrrole nitrogens is 1. The van der Waals surface area contributed by atoms with Crippen LogP contribution in [0.4, 0.5) is 0 Å². The third kappa shape index (κ3) is 4.11. The average molecular weight is 359 g/mol. The number of aromatic amines is 1. The molecule has 1 N–H and O–H groups in total. The lowest BCUT2D eigenvalue weighted by molar-refractivity contribution is 0.0521. The Hall–Kier alpha value is -3.09. The van der Waals surface area contributed by atoms with Gasteiger partial charge in [-0.25, -0.2) is 9.59 Å². The van der Waals surface area contributed by atoms with E-state index in [1.807, 2.05) is 0 Å². The van der Waals surface area contributed by atoms with Crippen LogP contribution in [-0.4, -0.2) is 43.0 Å². The first-order valence-corrected chi connectivity index (χ1v) is 8.09. The van der Waals surface area contributed by atoms with Gasteiger partial charge in [0, 0.05) is 11.4 Å². The second-order valence-corrected chi connectivity index (χ2v) is 5.57. The lowest BCUT2D eigenvalue weighted by Crippen LogP contribution is -2.17. The van der Waals surface area contributed by atoms with Gasteiger partial charge in [-0.1, -0.05) is 0 Å². The summed E-state index contributed by atoms with van der Waals surface area (Å²) in [5.41, 5.74) is 2.05. The van der Waals surface area contributed by atoms with Crippen LogP contribution in [0.5, 0.6) is 5.75 Å². The second kappa shape index (κ2) is 8.33. The van der Waals surface area contributed by atoms with Gasteiger partial charge in [0.2, 0.25) is 5.78 Å². The Kier molecular flexibility index (Phi) is 6.16. The molecule has 1 aromatic carbocycles. The maximum Gasteiger partial charge on any atom is 0.340 e. The van der Waals surface area contributed by atoms with Gasteiger partial charge in [0.1, 0.15) is 5.75 Å². The first kappa shape index (κ1) is 19.2. The molecule has 138 valence electrons. The predicted octanol–water partition coefficient (Wildman–Crippen LogP) is 2.86. The lowest BCUT2D eigenvalue weighted by Gasteiger charge is -2.08. The van der Waals surface area contributed by atoms with Gasteiger partial charge in [-0.15, -0.1) is 0 Å². The number of hydrogen-bond acceptors (Lipinski definition) is 6. The van der Waals surface area contributed by atoms with Crippen molar-refractivity contribution < 1.29 is 28.6 Å². The first-order chi connectivity index (χ1) is 12.4. The van der Waals surface area contributed by atoms with Crippen molar-refractivity contribution in [2.45, 2.75) is 20.8 Å².